The fraction of sp³-hybridized carbons (Fsp3) is 0.857. The summed E-state index contributed by atoms with van der Waals surface area (Å²) in [6.07, 6.45) is -0.382. The number of carbonyl (C=O) groups is 1. The Balaban J connectivity index is 2.29. The number of rotatable bonds is 2. The normalized spacial score (nSPS) is 20.1. The number of hydrogen-bond donors (Lipinski definition) is 1. The van der Waals surface area contributed by atoms with E-state index in [1.165, 1.54) is 4.90 Å². The molecule has 0 aliphatic carbocycles. The molecule has 1 amide bonds. The lowest BCUT2D eigenvalue weighted by atomic mass is 9.98. The molecule has 5 heteroatoms. The first-order valence-electron chi connectivity index (χ1n) is 3.81. The van der Waals surface area contributed by atoms with Gasteiger partial charge < -0.3 is 14.7 Å². The molecule has 0 spiro atoms. The van der Waals surface area contributed by atoms with Crippen LogP contribution in [0, 0.1) is 0 Å². The molecule has 0 bridgehead atoms. The first kappa shape index (κ1) is 9.61. The second kappa shape index (κ2) is 3.49. The molecule has 0 aromatic carbocycles. The van der Waals surface area contributed by atoms with Gasteiger partial charge in [0.25, 0.3) is 0 Å². The molecule has 1 aliphatic rings. The van der Waals surface area contributed by atoms with Crippen molar-refractivity contribution in [3.05, 3.63) is 0 Å². The van der Waals surface area contributed by atoms with Gasteiger partial charge in [-0.15, -0.1) is 11.6 Å². The van der Waals surface area contributed by atoms with Crippen molar-refractivity contribution in [2.24, 2.45) is 0 Å². The minimum Gasteiger partial charge on any atom is -0.450 e. The summed E-state index contributed by atoms with van der Waals surface area (Å²) in [6, 6.07) is 0. The summed E-state index contributed by atoms with van der Waals surface area (Å²) in [6.45, 7) is 2.64. The van der Waals surface area contributed by atoms with Gasteiger partial charge in [-0.3, -0.25) is 0 Å². The van der Waals surface area contributed by atoms with Crippen LogP contribution in [-0.4, -0.2) is 47.3 Å². The van der Waals surface area contributed by atoms with E-state index in [1.54, 1.807) is 6.92 Å². The second-order valence-corrected chi connectivity index (χ2v) is 3.18. The zero-order chi connectivity index (χ0) is 9.19. The van der Waals surface area contributed by atoms with Crippen molar-refractivity contribution >= 4 is 17.7 Å². The maximum absolute atomic E-state index is 11.0. The Morgan fingerprint density at radius 1 is 1.75 bits per heavy atom. The van der Waals surface area contributed by atoms with Gasteiger partial charge in [0, 0.05) is 0 Å². The van der Waals surface area contributed by atoms with Gasteiger partial charge in [0.15, 0.2) is 0 Å². The molecule has 0 atom stereocenters. The topological polar surface area (TPSA) is 49.8 Å². The molecule has 0 aromatic heterocycles. The van der Waals surface area contributed by atoms with Gasteiger partial charge in [0.1, 0.15) is 5.60 Å². The Kier molecular flexibility index (Phi) is 2.80. The molecule has 1 fully saturated rings. The van der Waals surface area contributed by atoms with E-state index < -0.39 is 5.60 Å². The third kappa shape index (κ3) is 1.81. The number of nitrogens with zero attached hydrogens (tertiary/aromatic N) is 1. The second-order valence-electron chi connectivity index (χ2n) is 2.91. The lowest BCUT2D eigenvalue weighted by Gasteiger charge is -2.44. The molecule has 1 N–H and O–H groups in total. The molecular formula is C7H12ClNO3. The van der Waals surface area contributed by atoms with E-state index in [9.17, 15) is 9.90 Å². The van der Waals surface area contributed by atoms with Gasteiger partial charge in [-0.1, -0.05) is 0 Å². The first-order chi connectivity index (χ1) is 5.61. The fourth-order valence-corrected chi connectivity index (χ4v) is 1.26. The molecular weight excluding hydrogens is 182 g/mol. The number of amides is 1. The predicted octanol–water partition coefficient (Wildman–Crippen LogP) is 0.428. The minimum atomic E-state index is -0.895. The van der Waals surface area contributed by atoms with Crippen LogP contribution in [-0.2, 0) is 4.74 Å². The Morgan fingerprint density at radius 3 is 2.75 bits per heavy atom. The van der Waals surface area contributed by atoms with Crippen molar-refractivity contribution in [1.29, 1.82) is 0 Å². The summed E-state index contributed by atoms with van der Waals surface area (Å²) in [5.74, 6) is 0.156. The molecule has 1 saturated heterocycles. The van der Waals surface area contributed by atoms with Crippen LogP contribution < -0.4 is 0 Å². The van der Waals surface area contributed by atoms with Crippen LogP contribution >= 0.6 is 11.6 Å². The average molecular weight is 194 g/mol. The van der Waals surface area contributed by atoms with Crippen LogP contribution in [0.15, 0.2) is 0 Å². The summed E-state index contributed by atoms with van der Waals surface area (Å²) in [7, 11) is 0. The number of likely N-dealkylation sites (tertiary alicyclic amines) is 1. The highest BCUT2D eigenvalue weighted by Gasteiger charge is 2.43. The van der Waals surface area contributed by atoms with E-state index in [1.807, 2.05) is 0 Å². The predicted molar refractivity (Wildman–Crippen MR) is 44.3 cm³/mol. The van der Waals surface area contributed by atoms with E-state index in [4.69, 9.17) is 16.3 Å². The summed E-state index contributed by atoms with van der Waals surface area (Å²) >= 11 is 5.46. The van der Waals surface area contributed by atoms with Crippen molar-refractivity contribution in [3.63, 3.8) is 0 Å². The maximum Gasteiger partial charge on any atom is 0.409 e. The molecule has 0 saturated carbocycles. The molecule has 0 aromatic rings. The SMILES string of the molecule is CCOC(=O)N1CC(O)(CCl)C1. The van der Waals surface area contributed by atoms with Crippen LogP contribution in [0.1, 0.15) is 6.92 Å². The van der Waals surface area contributed by atoms with Gasteiger partial charge in [-0.2, -0.15) is 0 Å². The van der Waals surface area contributed by atoms with E-state index in [0.717, 1.165) is 0 Å². The summed E-state index contributed by atoms with van der Waals surface area (Å²) < 4.78 is 4.72. The molecule has 12 heavy (non-hydrogen) atoms. The highest BCUT2D eigenvalue weighted by Crippen LogP contribution is 2.22. The number of hydrogen-bond acceptors (Lipinski definition) is 3. The highest BCUT2D eigenvalue weighted by molar-refractivity contribution is 6.18. The van der Waals surface area contributed by atoms with Crippen molar-refractivity contribution in [2.75, 3.05) is 25.6 Å². The standard InChI is InChI=1S/C7H12ClNO3/c1-2-12-6(10)9-4-7(11,3-8)5-9/h11H,2-5H2,1H3. The first-order valence-corrected chi connectivity index (χ1v) is 4.35. The van der Waals surface area contributed by atoms with Crippen LogP contribution in [0.5, 0.6) is 0 Å². The molecule has 0 radical (unpaired) electrons. The maximum atomic E-state index is 11.0. The number of alkyl halides is 1. The van der Waals surface area contributed by atoms with Gasteiger partial charge >= 0.3 is 6.09 Å². The largest absolute Gasteiger partial charge is 0.450 e. The van der Waals surface area contributed by atoms with E-state index in [0.29, 0.717) is 6.61 Å². The monoisotopic (exact) mass is 193 g/mol. The van der Waals surface area contributed by atoms with Crippen molar-refractivity contribution < 1.29 is 14.6 Å². The molecule has 1 heterocycles. The van der Waals surface area contributed by atoms with E-state index >= 15 is 0 Å². The van der Waals surface area contributed by atoms with Crippen molar-refractivity contribution in [3.8, 4) is 0 Å². The van der Waals surface area contributed by atoms with Crippen LogP contribution in [0.25, 0.3) is 0 Å². The molecule has 1 rings (SSSR count). The zero-order valence-corrected chi connectivity index (χ0v) is 7.67. The Bertz CT molecular complexity index is 179. The third-order valence-corrected chi connectivity index (χ3v) is 2.24. The van der Waals surface area contributed by atoms with Crippen LogP contribution in [0.2, 0.25) is 0 Å². The number of ether oxygens (including phenoxy) is 1. The van der Waals surface area contributed by atoms with Gasteiger partial charge in [0.2, 0.25) is 0 Å². The summed E-state index contributed by atoms with van der Waals surface area (Å²) in [5.41, 5.74) is -0.895. The van der Waals surface area contributed by atoms with Gasteiger partial charge in [-0.05, 0) is 6.92 Å². The Labute approximate surface area is 76.1 Å². The quantitative estimate of drug-likeness (QED) is 0.647. The molecule has 1 aliphatic heterocycles. The zero-order valence-electron chi connectivity index (χ0n) is 6.92. The summed E-state index contributed by atoms with van der Waals surface area (Å²) in [4.78, 5) is 12.4. The van der Waals surface area contributed by atoms with Gasteiger partial charge in [-0.25, -0.2) is 4.79 Å². The van der Waals surface area contributed by atoms with E-state index in [-0.39, 0.29) is 25.1 Å². The Morgan fingerprint density at radius 2 is 2.33 bits per heavy atom. The van der Waals surface area contributed by atoms with Gasteiger partial charge in [0.05, 0.1) is 25.6 Å². The summed E-state index contributed by atoms with van der Waals surface area (Å²) in [5, 5.41) is 9.42. The molecule has 0 unspecified atom stereocenters. The van der Waals surface area contributed by atoms with E-state index in [2.05, 4.69) is 0 Å². The van der Waals surface area contributed by atoms with Crippen LogP contribution in [0.4, 0.5) is 4.79 Å². The lowest BCUT2D eigenvalue weighted by molar-refractivity contribution is -0.0719. The molecule has 4 nitrogen and oxygen atoms in total. The number of carbonyl (C=O) groups excluding carboxylic acids is 1. The number of aliphatic hydroxyl groups is 1. The van der Waals surface area contributed by atoms with Crippen LogP contribution in [0.3, 0.4) is 0 Å². The highest BCUT2D eigenvalue weighted by atomic mass is 35.5. The number of β-amino-alcohol motifs (C(OH)–C–C–N with tert-alkyl or cyclic N) is 1. The lowest BCUT2D eigenvalue weighted by Crippen LogP contribution is -2.64. The number of halogens is 1. The third-order valence-electron chi connectivity index (χ3n) is 1.75. The Hall–Kier alpha value is -0.480. The smallest absolute Gasteiger partial charge is 0.409 e. The van der Waals surface area contributed by atoms with Crippen molar-refractivity contribution in [1.82, 2.24) is 4.90 Å². The fourth-order valence-electron chi connectivity index (χ4n) is 1.09. The average Bonchev–Trinajstić information content (AvgIpc) is 1.99. The minimum absolute atomic E-state index is 0.156. The molecule has 70 valence electrons. The van der Waals surface area contributed by atoms with Crippen molar-refractivity contribution in [2.45, 2.75) is 12.5 Å².